The maximum atomic E-state index is 2.43. The van der Waals surface area contributed by atoms with Gasteiger partial charge in [-0.25, -0.2) is 0 Å². The molecule has 63 heavy (non-hydrogen) atoms. The van der Waals surface area contributed by atoms with Gasteiger partial charge in [0, 0.05) is 16.9 Å². The van der Waals surface area contributed by atoms with E-state index in [9.17, 15) is 0 Å². The van der Waals surface area contributed by atoms with Crippen molar-refractivity contribution in [3.8, 4) is 66.8 Å². The summed E-state index contributed by atoms with van der Waals surface area (Å²) in [7, 11) is 0. The van der Waals surface area contributed by atoms with Gasteiger partial charge in [0.25, 0.3) is 0 Å². The van der Waals surface area contributed by atoms with Crippen LogP contribution in [0.2, 0.25) is 0 Å². The van der Waals surface area contributed by atoms with E-state index in [1.54, 1.807) is 0 Å². The van der Waals surface area contributed by atoms with E-state index in [0.717, 1.165) is 17.1 Å². The van der Waals surface area contributed by atoms with Gasteiger partial charge in [0.05, 0.1) is 5.69 Å². The van der Waals surface area contributed by atoms with Crippen LogP contribution in [0.15, 0.2) is 261 Å². The summed E-state index contributed by atoms with van der Waals surface area (Å²) in [5.41, 5.74) is 17.7. The molecule has 0 aliphatic carbocycles. The average Bonchev–Trinajstić information content (AvgIpc) is 3.37. The van der Waals surface area contributed by atoms with Crippen LogP contribution in [0.1, 0.15) is 0 Å². The molecule has 296 valence electrons. The van der Waals surface area contributed by atoms with Crippen molar-refractivity contribution in [3.05, 3.63) is 261 Å². The molecule has 0 aromatic heterocycles. The monoisotopic (exact) mass is 801 g/mol. The van der Waals surface area contributed by atoms with Crippen molar-refractivity contribution < 1.29 is 0 Å². The van der Waals surface area contributed by atoms with Gasteiger partial charge in [-0.05, 0) is 119 Å². The lowest BCUT2D eigenvalue weighted by Gasteiger charge is -2.29. The minimum atomic E-state index is 1.08. The van der Waals surface area contributed by atoms with Gasteiger partial charge in [0.2, 0.25) is 0 Å². The number of nitrogens with zero attached hydrogens (tertiary/aromatic N) is 1. The zero-order valence-corrected chi connectivity index (χ0v) is 34.8. The predicted octanol–water partition coefficient (Wildman–Crippen LogP) is 17.5. The number of rotatable bonds is 9. The number of benzene rings is 11. The molecular weight excluding hydrogens is 759 g/mol. The molecule has 0 amide bonds. The van der Waals surface area contributed by atoms with Crippen LogP contribution in [0.25, 0.3) is 88.3 Å². The van der Waals surface area contributed by atoms with Gasteiger partial charge in [0.15, 0.2) is 0 Å². The first-order valence-electron chi connectivity index (χ1n) is 21.7. The SMILES string of the molecule is c1ccc(-c2ccc(-c3ccc(N(c4ccc5c(-c6ccccc6)c(-c6ccccc6)c6ccccc6c5c4)c4ccccc4-c4ccccc4)cc3)c(-c3ccccc3)c2)cc1. The van der Waals surface area contributed by atoms with E-state index in [-0.39, 0.29) is 0 Å². The second kappa shape index (κ2) is 16.7. The summed E-state index contributed by atoms with van der Waals surface area (Å²) in [6.45, 7) is 0. The Bertz CT molecular complexity index is 3340. The Morgan fingerprint density at radius 1 is 0.206 bits per heavy atom. The second-order valence-electron chi connectivity index (χ2n) is 16.0. The highest BCUT2D eigenvalue weighted by Gasteiger charge is 2.22. The van der Waals surface area contributed by atoms with Gasteiger partial charge in [0.1, 0.15) is 0 Å². The molecule has 0 N–H and O–H groups in total. The van der Waals surface area contributed by atoms with Crippen LogP contribution in [0, 0.1) is 0 Å². The van der Waals surface area contributed by atoms with Crippen LogP contribution in [-0.2, 0) is 0 Å². The van der Waals surface area contributed by atoms with Crippen molar-refractivity contribution >= 4 is 38.6 Å². The minimum absolute atomic E-state index is 1.08. The topological polar surface area (TPSA) is 3.24 Å². The highest BCUT2D eigenvalue weighted by atomic mass is 15.1. The molecule has 0 fully saturated rings. The van der Waals surface area contributed by atoms with E-state index < -0.39 is 0 Å². The lowest BCUT2D eigenvalue weighted by Crippen LogP contribution is -2.11. The Kier molecular flexibility index (Phi) is 9.97. The molecule has 11 aromatic carbocycles. The zero-order valence-electron chi connectivity index (χ0n) is 34.8. The van der Waals surface area contributed by atoms with Crippen molar-refractivity contribution in [1.29, 1.82) is 0 Å². The van der Waals surface area contributed by atoms with Crippen LogP contribution in [0.3, 0.4) is 0 Å². The first kappa shape index (κ1) is 37.7. The summed E-state index contributed by atoms with van der Waals surface area (Å²) in [6.07, 6.45) is 0. The normalized spacial score (nSPS) is 11.2. The van der Waals surface area contributed by atoms with Crippen LogP contribution >= 0.6 is 0 Å². The maximum Gasteiger partial charge on any atom is 0.0540 e. The molecule has 1 heteroatoms. The number of fused-ring (bicyclic) bond motifs is 3. The molecule has 0 aliphatic heterocycles. The van der Waals surface area contributed by atoms with Crippen LogP contribution in [0.5, 0.6) is 0 Å². The van der Waals surface area contributed by atoms with Crippen molar-refractivity contribution in [2.24, 2.45) is 0 Å². The highest BCUT2D eigenvalue weighted by Crippen LogP contribution is 2.48. The number of para-hydroxylation sites is 1. The van der Waals surface area contributed by atoms with E-state index >= 15 is 0 Å². The average molecular weight is 802 g/mol. The van der Waals surface area contributed by atoms with Crippen LogP contribution < -0.4 is 4.90 Å². The fourth-order valence-corrected chi connectivity index (χ4v) is 9.34. The largest absolute Gasteiger partial charge is 0.310 e. The van der Waals surface area contributed by atoms with Gasteiger partial charge in [-0.2, -0.15) is 0 Å². The van der Waals surface area contributed by atoms with Gasteiger partial charge < -0.3 is 4.90 Å². The van der Waals surface area contributed by atoms with Gasteiger partial charge >= 0.3 is 0 Å². The molecule has 0 saturated carbocycles. The van der Waals surface area contributed by atoms with Crippen LogP contribution in [0.4, 0.5) is 17.1 Å². The third kappa shape index (κ3) is 7.16. The maximum absolute atomic E-state index is 2.43. The fourth-order valence-electron chi connectivity index (χ4n) is 9.34. The first-order valence-corrected chi connectivity index (χ1v) is 21.7. The Morgan fingerprint density at radius 3 is 1.24 bits per heavy atom. The van der Waals surface area contributed by atoms with E-state index in [1.165, 1.54) is 88.3 Å². The van der Waals surface area contributed by atoms with E-state index in [2.05, 4.69) is 266 Å². The van der Waals surface area contributed by atoms with Gasteiger partial charge in [-0.15, -0.1) is 0 Å². The lowest BCUT2D eigenvalue weighted by atomic mass is 9.85. The molecule has 0 saturated heterocycles. The summed E-state index contributed by atoms with van der Waals surface area (Å²) in [6, 6.07) is 94.6. The lowest BCUT2D eigenvalue weighted by molar-refractivity contribution is 1.29. The quantitative estimate of drug-likeness (QED) is 0.131. The van der Waals surface area contributed by atoms with Crippen molar-refractivity contribution in [1.82, 2.24) is 0 Å². The Hall–Kier alpha value is -8.26. The fraction of sp³-hybridized carbons (Fsp3) is 0. The van der Waals surface area contributed by atoms with Gasteiger partial charge in [-0.3, -0.25) is 0 Å². The van der Waals surface area contributed by atoms with E-state index in [1.807, 2.05) is 0 Å². The minimum Gasteiger partial charge on any atom is -0.310 e. The molecule has 0 radical (unpaired) electrons. The number of hydrogen-bond acceptors (Lipinski definition) is 1. The van der Waals surface area contributed by atoms with Crippen molar-refractivity contribution in [2.45, 2.75) is 0 Å². The van der Waals surface area contributed by atoms with Gasteiger partial charge in [-0.1, -0.05) is 224 Å². The number of anilines is 3. The zero-order chi connectivity index (χ0) is 42.0. The third-order valence-electron chi connectivity index (χ3n) is 12.3. The molecule has 0 atom stereocenters. The summed E-state index contributed by atoms with van der Waals surface area (Å²) < 4.78 is 0. The highest BCUT2D eigenvalue weighted by molar-refractivity contribution is 6.22. The van der Waals surface area contributed by atoms with E-state index in [0.29, 0.717) is 0 Å². The third-order valence-corrected chi connectivity index (χ3v) is 12.3. The molecular formula is C62H43N. The Labute approximate surface area is 369 Å². The van der Waals surface area contributed by atoms with Crippen molar-refractivity contribution in [2.75, 3.05) is 4.90 Å². The molecule has 11 rings (SSSR count). The molecule has 0 heterocycles. The molecule has 0 bridgehead atoms. The second-order valence-corrected chi connectivity index (χ2v) is 16.0. The summed E-state index contributed by atoms with van der Waals surface area (Å²) in [5.74, 6) is 0. The Balaban J connectivity index is 1.12. The molecule has 1 nitrogen and oxygen atoms in total. The molecule has 0 unspecified atom stereocenters. The first-order chi connectivity index (χ1) is 31.3. The molecule has 11 aromatic rings. The van der Waals surface area contributed by atoms with E-state index in [4.69, 9.17) is 0 Å². The number of hydrogen-bond donors (Lipinski definition) is 0. The van der Waals surface area contributed by atoms with Crippen molar-refractivity contribution in [3.63, 3.8) is 0 Å². The molecule has 0 aliphatic rings. The summed E-state index contributed by atoms with van der Waals surface area (Å²) in [5, 5.41) is 4.90. The smallest absolute Gasteiger partial charge is 0.0540 e. The summed E-state index contributed by atoms with van der Waals surface area (Å²) in [4.78, 5) is 2.43. The van der Waals surface area contributed by atoms with Crippen LogP contribution in [-0.4, -0.2) is 0 Å². The standard InChI is InChI=1S/C62H43N/c1-6-20-44(21-7-1)50-36-40-53(58(42-50)46-24-10-3-11-25-46)47-34-37-51(38-35-47)63(60-33-19-18-30-54(60)45-22-8-2-9-23-45)52-39-41-57-59(43-52)55-31-16-17-32-56(55)61(48-26-12-4-13-27-48)62(57)49-28-14-5-15-29-49/h1-43H. The Morgan fingerprint density at radius 2 is 0.635 bits per heavy atom. The summed E-state index contributed by atoms with van der Waals surface area (Å²) >= 11 is 0. The predicted molar refractivity (Wildman–Crippen MR) is 269 cm³/mol. The molecule has 0 spiro atoms.